The number of carbonyl (C=O) groups is 2. The highest BCUT2D eigenvalue weighted by Crippen LogP contribution is 2.14. The van der Waals surface area contributed by atoms with E-state index in [4.69, 9.17) is 9.15 Å². The monoisotopic (exact) mass is 267 g/mol. The van der Waals surface area contributed by atoms with Gasteiger partial charge in [0.2, 0.25) is 0 Å². The molecule has 0 radical (unpaired) electrons. The fraction of sp³-hybridized carbons (Fsp3) is 0.571. The first-order valence-corrected chi connectivity index (χ1v) is 6.30. The third-order valence-electron chi connectivity index (χ3n) is 2.96. The Balaban J connectivity index is 2.51. The van der Waals surface area contributed by atoms with E-state index >= 15 is 0 Å². The first kappa shape index (κ1) is 15.3. The third-order valence-corrected chi connectivity index (χ3v) is 2.96. The van der Waals surface area contributed by atoms with E-state index in [-0.39, 0.29) is 18.1 Å². The summed E-state index contributed by atoms with van der Waals surface area (Å²) in [6.45, 7) is 8.95. The van der Waals surface area contributed by atoms with Gasteiger partial charge in [-0.05, 0) is 40.2 Å². The van der Waals surface area contributed by atoms with E-state index in [2.05, 4.69) is 5.32 Å². The zero-order valence-corrected chi connectivity index (χ0v) is 12.1. The second-order valence-corrected chi connectivity index (χ2v) is 5.19. The molecule has 0 spiro atoms. The summed E-state index contributed by atoms with van der Waals surface area (Å²) < 4.78 is 10.2. The lowest BCUT2D eigenvalue weighted by Gasteiger charge is -2.24. The van der Waals surface area contributed by atoms with E-state index in [0.29, 0.717) is 17.1 Å². The molecule has 0 aliphatic carbocycles. The quantitative estimate of drug-likeness (QED) is 0.831. The summed E-state index contributed by atoms with van der Waals surface area (Å²) in [6.07, 6.45) is 0.798. The lowest BCUT2D eigenvalue weighted by Crippen LogP contribution is -2.44. The van der Waals surface area contributed by atoms with Crippen LogP contribution in [0.25, 0.3) is 0 Å². The molecule has 1 amide bonds. The predicted octanol–water partition coefficient (Wildman–Crippen LogP) is 2.36. The average molecular weight is 267 g/mol. The second kappa shape index (κ2) is 5.91. The average Bonchev–Trinajstić information content (AvgIpc) is 2.65. The van der Waals surface area contributed by atoms with Gasteiger partial charge in [-0.15, -0.1) is 0 Å². The first-order valence-electron chi connectivity index (χ1n) is 6.30. The van der Waals surface area contributed by atoms with Crippen LogP contribution in [0.3, 0.4) is 0 Å². The van der Waals surface area contributed by atoms with Crippen LogP contribution in [0.2, 0.25) is 0 Å². The van der Waals surface area contributed by atoms with Crippen molar-refractivity contribution >= 4 is 11.9 Å². The van der Waals surface area contributed by atoms with Gasteiger partial charge in [0, 0.05) is 5.54 Å². The minimum atomic E-state index is -0.543. The molecule has 1 aromatic rings. The van der Waals surface area contributed by atoms with E-state index in [1.54, 1.807) is 19.9 Å². The molecular formula is C14H21NO4. The van der Waals surface area contributed by atoms with Gasteiger partial charge in [-0.2, -0.15) is 0 Å². The van der Waals surface area contributed by atoms with Crippen molar-refractivity contribution in [2.45, 2.75) is 46.6 Å². The minimum absolute atomic E-state index is 0.286. The first-order chi connectivity index (χ1) is 8.75. The molecule has 5 heteroatoms. The number of nitrogens with one attached hydrogen (secondary N) is 1. The molecule has 0 aromatic carbocycles. The third kappa shape index (κ3) is 4.43. The predicted molar refractivity (Wildman–Crippen MR) is 71.0 cm³/mol. The molecule has 0 fully saturated rings. The van der Waals surface area contributed by atoms with Gasteiger partial charge in [-0.3, -0.25) is 4.79 Å². The van der Waals surface area contributed by atoms with Gasteiger partial charge in [0.25, 0.3) is 5.91 Å². The molecule has 1 N–H and O–H groups in total. The molecule has 5 nitrogen and oxygen atoms in total. The molecule has 0 atom stereocenters. The van der Waals surface area contributed by atoms with Crippen LogP contribution in [-0.2, 0) is 9.53 Å². The number of aryl methyl sites for hydroxylation is 2. The van der Waals surface area contributed by atoms with Crippen molar-refractivity contribution in [3.63, 3.8) is 0 Å². The summed E-state index contributed by atoms with van der Waals surface area (Å²) in [5.74, 6) is 0.287. The molecule has 19 heavy (non-hydrogen) atoms. The second-order valence-electron chi connectivity index (χ2n) is 5.19. The number of hydrogen-bond donors (Lipinski definition) is 1. The molecular weight excluding hydrogens is 246 g/mol. The van der Waals surface area contributed by atoms with Crippen LogP contribution in [-0.4, -0.2) is 24.0 Å². The maximum absolute atomic E-state index is 11.8. The number of hydrogen-bond acceptors (Lipinski definition) is 4. The van der Waals surface area contributed by atoms with Crippen molar-refractivity contribution in [2.75, 3.05) is 6.61 Å². The molecule has 1 aromatic heterocycles. The summed E-state index contributed by atoms with van der Waals surface area (Å²) in [7, 11) is 0. The maximum atomic E-state index is 11.8. The van der Waals surface area contributed by atoms with Crippen LogP contribution >= 0.6 is 0 Å². The smallest absolute Gasteiger partial charge is 0.342 e. The molecule has 0 aliphatic rings. The number of rotatable bonds is 5. The molecule has 1 heterocycles. The van der Waals surface area contributed by atoms with Gasteiger partial charge in [0.1, 0.15) is 17.1 Å². The van der Waals surface area contributed by atoms with Crippen molar-refractivity contribution in [3.05, 3.63) is 23.2 Å². The summed E-state index contributed by atoms with van der Waals surface area (Å²) in [6, 6.07) is 1.60. The fourth-order valence-electron chi connectivity index (χ4n) is 1.54. The van der Waals surface area contributed by atoms with Crippen molar-refractivity contribution in [2.24, 2.45) is 0 Å². The van der Waals surface area contributed by atoms with E-state index in [1.165, 1.54) is 0 Å². The molecule has 0 bridgehead atoms. The molecule has 0 unspecified atom stereocenters. The lowest BCUT2D eigenvalue weighted by atomic mass is 10.0. The molecule has 106 valence electrons. The standard InChI is InChI=1S/C14H21NO4/c1-6-14(4,5)15-12(16)8-18-13(17)11-7-9(2)19-10(11)3/h7H,6,8H2,1-5H3,(H,15,16). The molecule has 0 aliphatic heterocycles. The topological polar surface area (TPSA) is 68.5 Å². The highest BCUT2D eigenvalue weighted by molar-refractivity contribution is 5.92. The highest BCUT2D eigenvalue weighted by atomic mass is 16.5. The van der Waals surface area contributed by atoms with Crippen LogP contribution in [0.4, 0.5) is 0 Å². The Morgan fingerprint density at radius 3 is 2.47 bits per heavy atom. The minimum Gasteiger partial charge on any atom is -0.466 e. The van der Waals surface area contributed by atoms with E-state index in [9.17, 15) is 9.59 Å². The summed E-state index contributed by atoms with van der Waals surface area (Å²) >= 11 is 0. The largest absolute Gasteiger partial charge is 0.466 e. The Morgan fingerprint density at radius 1 is 1.37 bits per heavy atom. The van der Waals surface area contributed by atoms with Gasteiger partial charge in [-0.1, -0.05) is 6.92 Å². The van der Waals surface area contributed by atoms with Crippen molar-refractivity contribution in [3.8, 4) is 0 Å². The van der Waals surface area contributed by atoms with Crippen LogP contribution < -0.4 is 5.32 Å². The Kier molecular flexibility index (Phi) is 4.75. The lowest BCUT2D eigenvalue weighted by molar-refractivity contribution is -0.125. The van der Waals surface area contributed by atoms with Crippen LogP contribution in [0, 0.1) is 13.8 Å². The Hall–Kier alpha value is -1.78. The fourth-order valence-corrected chi connectivity index (χ4v) is 1.54. The van der Waals surface area contributed by atoms with Gasteiger partial charge in [0.05, 0.1) is 0 Å². The van der Waals surface area contributed by atoms with Crippen molar-refractivity contribution < 1.29 is 18.7 Å². The number of esters is 1. The summed E-state index contributed by atoms with van der Waals surface area (Å²) in [5.41, 5.74) is 0.0612. The van der Waals surface area contributed by atoms with Gasteiger partial charge < -0.3 is 14.5 Å². The van der Waals surface area contributed by atoms with Gasteiger partial charge in [0.15, 0.2) is 6.61 Å². The molecule has 0 saturated carbocycles. The number of furan rings is 1. The Bertz CT molecular complexity index is 474. The summed E-state index contributed by atoms with van der Waals surface area (Å²) in [5, 5.41) is 2.79. The Labute approximate surface area is 113 Å². The van der Waals surface area contributed by atoms with Crippen LogP contribution in [0.1, 0.15) is 49.1 Å². The number of amides is 1. The Morgan fingerprint density at radius 2 is 2.00 bits per heavy atom. The highest BCUT2D eigenvalue weighted by Gasteiger charge is 2.20. The van der Waals surface area contributed by atoms with E-state index < -0.39 is 5.97 Å². The van der Waals surface area contributed by atoms with Crippen LogP contribution in [0.15, 0.2) is 10.5 Å². The summed E-state index contributed by atoms with van der Waals surface area (Å²) in [4.78, 5) is 23.4. The van der Waals surface area contributed by atoms with Crippen LogP contribution in [0.5, 0.6) is 0 Å². The van der Waals surface area contributed by atoms with E-state index in [0.717, 1.165) is 6.42 Å². The number of carbonyl (C=O) groups excluding carboxylic acids is 2. The van der Waals surface area contributed by atoms with Gasteiger partial charge in [-0.25, -0.2) is 4.79 Å². The normalized spacial score (nSPS) is 11.2. The zero-order chi connectivity index (χ0) is 14.6. The zero-order valence-electron chi connectivity index (χ0n) is 12.1. The van der Waals surface area contributed by atoms with Gasteiger partial charge >= 0.3 is 5.97 Å². The maximum Gasteiger partial charge on any atom is 0.342 e. The van der Waals surface area contributed by atoms with Crippen molar-refractivity contribution in [1.29, 1.82) is 0 Å². The molecule has 1 rings (SSSR count). The number of ether oxygens (including phenoxy) is 1. The van der Waals surface area contributed by atoms with Crippen molar-refractivity contribution in [1.82, 2.24) is 5.32 Å². The SMILES string of the molecule is CCC(C)(C)NC(=O)COC(=O)c1cc(C)oc1C. The van der Waals surface area contributed by atoms with E-state index in [1.807, 2.05) is 20.8 Å². The molecule has 0 saturated heterocycles.